The largest absolute Gasteiger partial charge is 0.493 e. The molecule has 2 amide bonds. The van der Waals surface area contributed by atoms with Crippen LogP contribution in [-0.4, -0.2) is 32.1 Å². The van der Waals surface area contributed by atoms with Crippen molar-refractivity contribution in [2.24, 2.45) is 0 Å². The molecule has 0 aromatic heterocycles. The van der Waals surface area contributed by atoms with Gasteiger partial charge in [-0.05, 0) is 30.5 Å². The molecule has 0 atom stereocenters. The standard InChI is InChI=1S/C19H28N2O4/c1-24-16-10-9-14(11-17(16)25-2)13-20-18(22)12-19(23)21-15-7-5-3-4-6-8-15/h9-11,15H,3-8,12-13H2,1-2H3,(H,20,22)(H,21,23). The number of hydrogen-bond acceptors (Lipinski definition) is 4. The number of ether oxygens (including phenoxy) is 2. The van der Waals surface area contributed by atoms with E-state index in [-0.39, 0.29) is 24.3 Å². The predicted octanol–water partition coefficient (Wildman–Crippen LogP) is 2.55. The Hall–Kier alpha value is -2.24. The van der Waals surface area contributed by atoms with E-state index >= 15 is 0 Å². The number of carbonyl (C=O) groups is 2. The maximum absolute atomic E-state index is 12.0. The lowest BCUT2D eigenvalue weighted by Gasteiger charge is -2.16. The van der Waals surface area contributed by atoms with Crippen molar-refractivity contribution in [1.29, 1.82) is 0 Å². The van der Waals surface area contributed by atoms with Crippen LogP contribution in [0, 0.1) is 0 Å². The topological polar surface area (TPSA) is 76.7 Å². The molecular formula is C19H28N2O4. The molecule has 25 heavy (non-hydrogen) atoms. The number of hydrogen-bond donors (Lipinski definition) is 2. The Morgan fingerprint density at radius 3 is 2.32 bits per heavy atom. The number of rotatable bonds is 7. The highest BCUT2D eigenvalue weighted by atomic mass is 16.5. The minimum atomic E-state index is -0.277. The predicted molar refractivity (Wildman–Crippen MR) is 95.6 cm³/mol. The van der Waals surface area contributed by atoms with Crippen molar-refractivity contribution in [3.05, 3.63) is 23.8 Å². The first-order valence-electron chi connectivity index (χ1n) is 8.89. The zero-order valence-electron chi connectivity index (χ0n) is 15.1. The molecule has 0 aliphatic heterocycles. The van der Waals surface area contributed by atoms with Gasteiger partial charge in [0.05, 0.1) is 14.2 Å². The van der Waals surface area contributed by atoms with Crippen LogP contribution >= 0.6 is 0 Å². The first-order valence-corrected chi connectivity index (χ1v) is 8.89. The lowest BCUT2D eigenvalue weighted by Crippen LogP contribution is -2.37. The summed E-state index contributed by atoms with van der Waals surface area (Å²) in [6.45, 7) is 0.343. The summed E-state index contributed by atoms with van der Waals surface area (Å²) in [5, 5.41) is 5.76. The third-order valence-electron chi connectivity index (χ3n) is 4.48. The molecule has 1 aliphatic rings. The molecule has 0 saturated heterocycles. The second-order valence-corrected chi connectivity index (χ2v) is 6.40. The van der Waals surface area contributed by atoms with Crippen LogP contribution in [0.15, 0.2) is 18.2 Å². The van der Waals surface area contributed by atoms with Crippen LogP contribution in [-0.2, 0) is 16.1 Å². The third-order valence-corrected chi connectivity index (χ3v) is 4.48. The number of benzene rings is 1. The number of carbonyl (C=O) groups excluding carboxylic acids is 2. The van der Waals surface area contributed by atoms with Crippen LogP contribution in [0.1, 0.15) is 50.5 Å². The van der Waals surface area contributed by atoms with Gasteiger partial charge in [-0.25, -0.2) is 0 Å². The van der Waals surface area contributed by atoms with E-state index in [0.29, 0.717) is 18.0 Å². The van der Waals surface area contributed by atoms with Crippen LogP contribution in [0.2, 0.25) is 0 Å². The van der Waals surface area contributed by atoms with Gasteiger partial charge >= 0.3 is 0 Å². The highest BCUT2D eigenvalue weighted by Gasteiger charge is 2.16. The van der Waals surface area contributed by atoms with E-state index < -0.39 is 0 Å². The van der Waals surface area contributed by atoms with Gasteiger partial charge < -0.3 is 20.1 Å². The zero-order chi connectivity index (χ0) is 18.1. The van der Waals surface area contributed by atoms with E-state index in [2.05, 4.69) is 10.6 Å². The Morgan fingerprint density at radius 1 is 1.00 bits per heavy atom. The fourth-order valence-corrected chi connectivity index (χ4v) is 3.10. The highest BCUT2D eigenvalue weighted by Crippen LogP contribution is 2.27. The summed E-state index contributed by atoms with van der Waals surface area (Å²) in [6.07, 6.45) is 6.66. The number of methoxy groups -OCH3 is 2. The fourth-order valence-electron chi connectivity index (χ4n) is 3.10. The lowest BCUT2D eigenvalue weighted by molar-refractivity contribution is -0.129. The smallest absolute Gasteiger partial charge is 0.229 e. The molecule has 1 saturated carbocycles. The van der Waals surface area contributed by atoms with Gasteiger partial charge in [-0.2, -0.15) is 0 Å². The Bertz CT molecular complexity index is 581. The van der Waals surface area contributed by atoms with Crippen LogP contribution in [0.25, 0.3) is 0 Å². The monoisotopic (exact) mass is 348 g/mol. The summed E-state index contributed by atoms with van der Waals surface area (Å²) in [5.41, 5.74) is 0.884. The summed E-state index contributed by atoms with van der Waals surface area (Å²) in [5.74, 6) is 0.776. The Morgan fingerprint density at radius 2 is 1.68 bits per heavy atom. The fraction of sp³-hybridized carbons (Fsp3) is 0.579. The Kier molecular flexibility index (Phi) is 7.57. The van der Waals surface area contributed by atoms with E-state index in [4.69, 9.17) is 9.47 Å². The molecule has 0 radical (unpaired) electrons. The van der Waals surface area contributed by atoms with Crippen molar-refractivity contribution in [2.75, 3.05) is 14.2 Å². The molecule has 138 valence electrons. The SMILES string of the molecule is COc1ccc(CNC(=O)CC(=O)NC2CCCCCC2)cc1OC. The van der Waals surface area contributed by atoms with Gasteiger partial charge in [0.2, 0.25) is 11.8 Å². The van der Waals surface area contributed by atoms with Crippen molar-refractivity contribution in [2.45, 2.75) is 57.5 Å². The second-order valence-electron chi connectivity index (χ2n) is 6.40. The first-order chi connectivity index (χ1) is 12.1. The van der Waals surface area contributed by atoms with E-state index in [1.807, 2.05) is 12.1 Å². The lowest BCUT2D eigenvalue weighted by atomic mass is 10.1. The van der Waals surface area contributed by atoms with E-state index in [1.165, 1.54) is 12.8 Å². The molecule has 0 unspecified atom stereocenters. The van der Waals surface area contributed by atoms with Crippen molar-refractivity contribution in [3.63, 3.8) is 0 Å². The molecule has 0 heterocycles. The van der Waals surface area contributed by atoms with E-state index in [0.717, 1.165) is 31.2 Å². The van der Waals surface area contributed by atoms with Crippen molar-refractivity contribution >= 4 is 11.8 Å². The summed E-state index contributed by atoms with van der Waals surface area (Å²) < 4.78 is 10.4. The molecule has 6 nitrogen and oxygen atoms in total. The molecule has 1 aromatic rings. The molecule has 1 aromatic carbocycles. The minimum Gasteiger partial charge on any atom is -0.493 e. The minimum absolute atomic E-state index is 0.135. The molecule has 2 N–H and O–H groups in total. The average Bonchev–Trinajstić information content (AvgIpc) is 2.88. The molecule has 6 heteroatoms. The van der Waals surface area contributed by atoms with Gasteiger partial charge in [0.25, 0.3) is 0 Å². The van der Waals surface area contributed by atoms with Crippen LogP contribution in [0.3, 0.4) is 0 Å². The summed E-state index contributed by atoms with van der Waals surface area (Å²) >= 11 is 0. The summed E-state index contributed by atoms with van der Waals surface area (Å²) in [7, 11) is 3.14. The Labute approximate surface area is 149 Å². The second kappa shape index (κ2) is 9.91. The van der Waals surface area contributed by atoms with Gasteiger partial charge in [0, 0.05) is 12.6 Å². The van der Waals surface area contributed by atoms with Gasteiger partial charge in [-0.1, -0.05) is 31.7 Å². The molecular weight excluding hydrogens is 320 g/mol. The third kappa shape index (κ3) is 6.29. The van der Waals surface area contributed by atoms with Gasteiger partial charge in [0.15, 0.2) is 11.5 Å². The van der Waals surface area contributed by atoms with Crippen LogP contribution in [0.4, 0.5) is 0 Å². The van der Waals surface area contributed by atoms with E-state index in [9.17, 15) is 9.59 Å². The van der Waals surface area contributed by atoms with Crippen LogP contribution in [0.5, 0.6) is 11.5 Å². The zero-order valence-corrected chi connectivity index (χ0v) is 15.1. The van der Waals surface area contributed by atoms with Crippen molar-refractivity contribution < 1.29 is 19.1 Å². The van der Waals surface area contributed by atoms with Gasteiger partial charge in [-0.3, -0.25) is 9.59 Å². The molecule has 1 fully saturated rings. The molecule has 1 aliphatic carbocycles. The van der Waals surface area contributed by atoms with Gasteiger partial charge in [0.1, 0.15) is 6.42 Å². The molecule has 0 bridgehead atoms. The number of amides is 2. The average molecular weight is 348 g/mol. The number of nitrogens with one attached hydrogen (secondary N) is 2. The van der Waals surface area contributed by atoms with Crippen molar-refractivity contribution in [1.82, 2.24) is 10.6 Å². The first kappa shape index (κ1) is 19.1. The Balaban J connectivity index is 1.77. The quantitative estimate of drug-likeness (QED) is 0.586. The molecule has 2 rings (SSSR count). The van der Waals surface area contributed by atoms with Gasteiger partial charge in [-0.15, -0.1) is 0 Å². The van der Waals surface area contributed by atoms with Crippen molar-refractivity contribution in [3.8, 4) is 11.5 Å². The maximum Gasteiger partial charge on any atom is 0.229 e. The normalized spacial score (nSPS) is 15.1. The summed E-state index contributed by atoms with van der Waals surface area (Å²) in [4.78, 5) is 24.0. The summed E-state index contributed by atoms with van der Waals surface area (Å²) in [6, 6.07) is 5.67. The highest BCUT2D eigenvalue weighted by molar-refractivity contribution is 5.96. The van der Waals surface area contributed by atoms with Crippen LogP contribution < -0.4 is 20.1 Å². The van der Waals surface area contributed by atoms with E-state index in [1.54, 1.807) is 20.3 Å². The molecule has 0 spiro atoms. The maximum atomic E-state index is 12.0.